The average molecular weight is 182 g/mol. The zero-order chi connectivity index (χ0) is 10.0. The highest BCUT2D eigenvalue weighted by Gasteiger charge is 2.13. The third kappa shape index (κ3) is 1.72. The summed E-state index contributed by atoms with van der Waals surface area (Å²) in [4.78, 5) is 11.2. The van der Waals surface area contributed by atoms with Gasteiger partial charge in [0, 0.05) is 18.8 Å². The lowest BCUT2D eigenvalue weighted by atomic mass is 10.2. The number of nitrogens with zero attached hydrogens (tertiary/aromatic N) is 1. The summed E-state index contributed by atoms with van der Waals surface area (Å²) in [7, 11) is 3.16. The molecule has 0 fully saturated rings. The molecule has 0 spiro atoms. The van der Waals surface area contributed by atoms with Crippen LogP contribution in [-0.4, -0.2) is 17.6 Å². The molecule has 0 unspecified atom stereocenters. The summed E-state index contributed by atoms with van der Waals surface area (Å²) >= 11 is 0. The molecule has 0 saturated heterocycles. The summed E-state index contributed by atoms with van der Waals surface area (Å²) in [5.41, 5.74) is 7.14. The number of carbonyl (C=O) groups excluding carboxylic acids is 1. The minimum atomic E-state index is -0.339. The first-order valence-electron chi connectivity index (χ1n) is 4.07. The van der Waals surface area contributed by atoms with Crippen LogP contribution < -0.4 is 5.73 Å². The second-order valence-electron chi connectivity index (χ2n) is 2.98. The van der Waals surface area contributed by atoms with Gasteiger partial charge in [-0.2, -0.15) is 0 Å². The van der Waals surface area contributed by atoms with Crippen LogP contribution in [0.5, 0.6) is 0 Å². The van der Waals surface area contributed by atoms with E-state index in [2.05, 4.69) is 4.74 Å². The normalized spacial score (nSPS) is 12.6. The molecule has 0 aromatic carbocycles. The number of carbonyl (C=O) groups is 1. The Morgan fingerprint density at radius 2 is 2.23 bits per heavy atom. The third-order valence-electron chi connectivity index (χ3n) is 2.02. The zero-order valence-electron chi connectivity index (χ0n) is 8.07. The van der Waals surface area contributed by atoms with Crippen molar-refractivity contribution in [2.75, 3.05) is 7.11 Å². The van der Waals surface area contributed by atoms with Crippen molar-refractivity contribution in [3.05, 3.63) is 23.5 Å². The molecule has 0 amide bonds. The molecule has 1 aromatic rings. The molecule has 1 rings (SSSR count). The average Bonchev–Trinajstić information content (AvgIpc) is 2.46. The smallest absolute Gasteiger partial charge is 0.354 e. The second kappa shape index (κ2) is 3.62. The van der Waals surface area contributed by atoms with E-state index in [1.165, 1.54) is 7.11 Å². The lowest BCUT2D eigenvalue weighted by Gasteiger charge is -2.08. The van der Waals surface area contributed by atoms with Crippen LogP contribution in [0.25, 0.3) is 0 Å². The molecule has 1 aromatic heterocycles. The first-order valence-corrected chi connectivity index (χ1v) is 4.07. The fourth-order valence-corrected chi connectivity index (χ4v) is 1.29. The van der Waals surface area contributed by atoms with E-state index in [0.29, 0.717) is 5.69 Å². The molecule has 4 nitrogen and oxygen atoms in total. The van der Waals surface area contributed by atoms with Gasteiger partial charge >= 0.3 is 5.97 Å². The van der Waals surface area contributed by atoms with Gasteiger partial charge in [-0.15, -0.1) is 0 Å². The van der Waals surface area contributed by atoms with E-state index in [9.17, 15) is 4.79 Å². The van der Waals surface area contributed by atoms with Crippen LogP contribution in [0.4, 0.5) is 0 Å². The van der Waals surface area contributed by atoms with E-state index in [4.69, 9.17) is 5.73 Å². The van der Waals surface area contributed by atoms with Gasteiger partial charge in [-0.25, -0.2) is 4.79 Å². The monoisotopic (exact) mass is 182 g/mol. The van der Waals surface area contributed by atoms with Crippen molar-refractivity contribution in [1.82, 2.24) is 4.57 Å². The number of hydrogen-bond donors (Lipinski definition) is 1. The fraction of sp³-hybridized carbons (Fsp3) is 0.444. The molecule has 1 heterocycles. The Morgan fingerprint density at radius 3 is 2.62 bits per heavy atom. The number of rotatable bonds is 2. The molecule has 0 aliphatic heterocycles. The van der Waals surface area contributed by atoms with Crippen LogP contribution in [0.2, 0.25) is 0 Å². The molecule has 0 saturated carbocycles. The molecule has 13 heavy (non-hydrogen) atoms. The minimum absolute atomic E-state index is 0.0802. The number of hydrogen-bond acceptors (Lipinski definition) is 3. The van der Waals surface area contributed by atoms with E-state index >= 15 is 0 Å². The minimum Gasteiger partial charge on any atom is -0.464 e. The summed E-state index contributed by atoms with van der Waals surface area (Å²) < 4.78 is 6.36. The van der Waals surface area contributed by atoms with Crippen molar-refractivity contribution >= 4 is 5.97 Å². The number of aromatic nitrogens is 1. The van der Waals surface area contributed by atoms with Gasteiger partial charge in [-0.3, -0.25) is 0 Å². The lowest BCUT2D eigenvalue weighted by molar-refractivity contribution is 0.0589. The van der Waals surface area contributed by atoms with Gasteiger partial charge < -0.3 is 15.0 Å². The van der Waals surface area contributed by atoms with Crippen molar-refractivity contribution < 1.29 is 9.53 Å². The number of esters is 1. The van der Waals surface area contributed by atoms with E-state index in [1.807, 2.05) is 13.0 Å². The highest BCUT2D eigenvalue weighted by atomic mass is 16.5. The van der Waals surface area contributed by atoms with Crippen molar-refractivity contribution in [3.8, 4) is 0 Å². The molecule has 0 radical (unpaired) electrons. The molecule has 1 atom stereocenters. The van der Waals surface area contributed by atoms with Gasteiger partial charge in [0.05, 0.1) is 7.11 Å². The maximum atomic E-state index is 11.2. The second-order valence-corrected chi connectivity index (χ2v) is 2.98. The summed E-state index contributed by atoms with van der Waals surface area (Å²) in [5.74, 6) is -0.339. The Labute approximate surface area is 77.3 Å². The zero-order valence-corrected chi connectivity index (χ0v) is 8.07. The highest BCUT2D eigenvalue weighted by molar-refractivity contribution is 5.87. The Kier molecular flexibility index (Phi) is 2.72. The largest absolute Gasteiger partial charge is 0.464 e. The van der Waals surface area contributed by atoms with Gasteiger partial charge in [0.2, 0.25) is 0 Å². The van der Waals surface area contributed by atoms with Crippen LogP contribution in [0.1, 0.15) is 29.1 Å². The van der Waals surface area contributed by atoms with Crippen LogP contribution >= 0.6 is 0 Å². The van der Waals surface area contributed by atoms with E-state index in [1.54, 1.807) is 17.7 Å². The highest BCUT2D eigenvalue weighted by Crippen LogP contribution is 2.13. The van der Waals surface area contributed by atoms with Crippen LogP contribution in [-0.2, 0) is 11.8 Å². The summed E-state index contributed by atoms with van der Waals surface area (Å²) in [6.07, 6.45) is 0. The van der Waals surface area contributed by atoms with Crippen molar-refractivity contribution in [3.63, 3.8) is 0 Å². The Morgan fingerprint density at radius 1 is 1.62 bits per heavy atom. The van der Waals surface area contributed by atoms with E-state index in [0.717, 1.165) is 5.69 Å². The Balaban J connectivity index is 3.06. The topological polar surface area (TPSA) is 57.2 Å². The van der Waals surface area contributed by atoms with Crippen molar-refractivity contribution in [2.24, 2.45) is 12.8 Å². The summed E-state index contributed by atoms with van der Waals surface area (Å²) in [5, 5.41) is 0. The van der Waals surface area contributed by atoms with Gasteiger partial charge in [0.1, 0.15) is 5.69 Å². The molecule has 72 valence electrons. The summed E-state index contributed by atoms with van der Waals surface area (Å²) in [6, 6.07) is 3.46. The van der Waals surface area contributed by atoms with Crippen molar-refractivity contribution in [2.45, 2.75) is 13.0 Å². The van der Waals surface area contributed by atoms with Gasteiger partial charge in [0.15, 0.2) is 0 Å². The van der Waals surface area contributed by atoms with E-state index < -0.39 is 0 Å². The standard InChI is InChI=1S/C9H14N2O2/c1-6(10)7-4-5-8(11(7)2)9(12)13-3/h4-6H,10H2,1-3H3/t6-/m0/s1. The number of nitrogens with two attached hydrogens (primary N) is 1. The Hall–Kier alpha value is -1.29. The third-order valence-corrected chi connectivity index (χ3v) is 2.02. The van der Waals surface area contributed by atoms with E-state index in [-0.39, 0.29) is 12.0 Å². The predicted octanol–water partition coefficient (Wildman–Crippen LogP) is 0.831. The van der Waals surface area contributed by atoms with Gasteiger partial charge in [0.25, 0.3) is 0 Å². The molecule has 0 aliphatic carbocycles. The van der Waals surface area contributed by atoms with Crippen LogP contribution in [0.15, 0.2) is 12.1 Å². The molecule has 0 bridgehead atoms. The SMILES string of the molecule is COC(=O)c1ccc([C@H](C)N)n1C. The molecule has 4 heteroatoms. The lowest BCUT2D eigenvalue weighted by Crippen LogP contribution is -2.14. The predicted molar refractivity (Wildman–Crippen MR) is 49.4 cm³/mol. The maximum Gasteiger partial charge on any atom is 0.354 e. The van der Waals surface area contributed by atoms with Gasteiger partial charge in [-0.1, -0.05) is 0 Å². The number of methoxy groups -OCH3 is 1. The number of ether oxygens (including phenoxy) is 1. The molecule has 0 aliphatic rings. The fourth-order valence-electron chi connectivity index (χ4n) is 1.29. The maximum absolute atomic E-state index is 11.2. The summed E-state index contributed by atoms with van der Waals surface area (Å²) in [6.45, 7) is 1.87. The van der Waals surface area contributed by atoms with Crippen LogP contribution in [0.3, 0.4) is 0 Å². The van der Waals surface area contributed by atoms with Crippen molar-refractivity contribution in [1.29, 1.82) is 0 Å². The first kappa shape index (κ1) is 9.80. The molecular formula is C9H14N2O2. The molecule has 2 N–H and O–H groups in total. The first-order chi connectivity index (χ1) is 6.07. The molecular weight excluding hydrogens is 168 g/mol. The van der Waals surface area contributed by atoms with Gasteiger partial charge in [-0.05, 0) is 19.1 Å². The Bertz CT molecular complexity index is 315. The van der Waals surface area contributed by atoms with Crippen LogP contribution in [0, 0.1) is 0 Å². The quantitative estimate of drug-likeness (QED) is 0.689.